The summed E-state index contributed by atoms with van der Waals surface area (Å²) in [6.45, 7) is 6.28. The number of aliphatic hydroxyl groups excluding tert-OH is 1. The summed E-state index contributed by atoms with van der Waals surface area (Å²) in [4.78, 5) is 2.26. The van der Waals surface area contributed by atoms with E-state index in [1.165, 1.54) is 5.56 Å². The Labute approximate surface area is 110 Å². The van der Waals surface area contributed by atoms with Crippen LogP contribution in [0.25, 0.3) is 0 Å². The minimum Gasteiger partial charge on any atom is -0.497 e. The second-order valence-electron chi connectivity index (χ2n) is 5.66. The fraction of sp³-hybridized carbons (Fsp3) is 0.600. The summed E-state index contributed by atoms with van der Waals surface area (Å²) in [6, 6.07) is 8.19. The summed E-state index contributed by atoms with van der Waals surface area (Å²) in [5.41, 5.74) is 1.28. The van der Waals surface area contributed by atoms with Gasteiger partial charge < -0.3 is 14.7 Å². The Balaban J connectivity index is 2.39. The maximum absolute atomic E-state index is 9.25. The zero-order chi connectivity index (χ0) is 13.6. The molecule has 0 radical (unpaired) electrons. The molecule has 0 atom stereocenters. The van der Waals surface area contributed by atoms with Crippen LogP contribution in [0.2, 0.25) is 0 Å². The Kier molecular flexibility index (Phi) is 5.63. The van der Waals surface area contributed by atoms with Gasteiger partial charge in [-0.1, -0.05) is 26.0 Å². The zero-order valence-electron chi connectivity index (χ0n) is 11.9. The number of hydrogen-bond acceptors (Lipinski definition) is 3. The summed E-state index contributed by atoms with van der Waals surface area (Å²) in [5.74, 6) is 0.897. The molecule has 0 aromatic heterocycles. The van der Waals surface area contributed by atoms with Gasteiger partial charge in [0.15, 0.2) is 0 Å². The van der Waals surface area contributed by atoms with Gasteiger partial charge in [0.2, 0.25) is 0 Å². The molecule has 102 valence electrons. The third kappa shape index (κ3) is 5.07. The van der Waals surface area contributed by atoms with Crippen LogP contribution in [0.5, 0.6) is 5.75 Å². The van der Waals surface area contributed by atoms with Crippen LogP contribution in [-0.4, -0.2) is 43.9 Å². The topological polar surface area (TPSA) is 32.7 Å². The molecule has 3 nitrogen and oxygen atoms in total. The molecular formula is C15H25NO2. The second-order valence-corrected chi connectivity index (χ2v) is 5.66. The summed E-state index contributed by atoms with van der Waals surface area (Å²) in [6.07, 6.45) is 1.02. The molecule has 0 aliphatic rings. The van der Waals surface area contributed by atoms with Crippen LogP contribution < -0.4 is 4.74 Å². The van der Waals surface area contributed by atoms with E-state index < -0.39 is 0 Å². The first-order valence-electron chi connectivity index (χ1n) is 6.39. The van der Waals surface area contributed by atoms with Gasteiger partial charge in [-0.25, -0.2) is 0 Å². The highest BCUT2D eigenvalue weighted by molar-refractivity contribution is 5.27. The molecule has 0 fully saturated rings. The van der Waals surface area contributed by atoms with Gasteiger partial charge in [0, 0.05) is 25.1 Å². The summed E-state index contributed by atoms with van der Waals surface area (Å²) < 4.78 is 5.14. The first kappa shape index (κ1) is 15.0. The molecule has 1 rings (SSSR count). The number of ether oxygens (including phenoxy) is 1. The highest BCUT2D eigenvalue weighted by Crippen LogP contribution is 2.16. The number of nitrogens with zero attached hydrogens (tertiary/aromatic N) is 1. The molecule has 0 spiro atoms. The SMILES string of the molecule is COc1ccc(CCN(C)CC(C)(C)CO)cc1. The zero-order valence-corrected chi connectivity index (χ0v) is 11.9. The number of aliphatic hydroxyl groups is 1. The summed E-state index contributed by atoms with van der Waals surface area (Å²) in [5, 5.41) is 9.25. The van der Waals surface area contributed by atoms with Gasteiger partial charge in [0.05, 0.1) is 7.11 Å². The Morgan fingerprint density at radius 2 is 1.83 bits per heavy atom. The largest absolute Gasteiger partial charge is 0.497 e. The predicted molar refractivity (Wildman–Crippen MR) is 75.1 cm³/mol. The first-order valence-corrected chi connectivity index (χ1v) is 6.39. The van der Waals surface area contributed by atoms with Crippen molar-refractivity contribution in [2.45, 2.75) is 20.3 Å². The Morgan fingerprint density at radius 3 is 2.33 bits per heavy atom. The lowest BCUT2D eigenvalue weighted by Gasteiger charge is -2.28. The number of methoxy groups -OCH3 is 1. The second kappa shape index (κ2) is 6.76. The molecular weight excluding hydrogens is 226 g/mol. The van der Waals surface area contributed by atoms with Gasteiger partial charge in [-0.15, -0.1) is 0 Å². The number of rotatable bonds is 7. The maximum atomic E-state index is 9.25. The van der Waals surface area contributed by atoms with E-state index >= 15 is 0 Å². The van der Waals surface area contributed by atoms with Crippen LogP contribution >= 0.6 is 0 Å². The molecule has 1 N–H and O–H groups in total. The van der Waals surface area contributed by atoms with Crippen LogP contribution in [0.3, 0.4) is 0 Å². The quantitative estimate of drug-likeness (QED) is 0.806. The summed E-state index contributed by atoms with van der Waals surface area (Å²) in [7, 11) is 3.78. The van der Waals surface area contributed by atoms with Crippen molar-refractivity contribution in [1.82, 2.24) is 4.90 Å². The van der Waals surface area contributed by atoms with E-state index in [4.69, 9.17) is 4.74 Å². The van der Waals surface area contributed by atoms with Crippen LogP contribution in [0.15, 0.2) is 24.3 Å². The molecule has 0 saturated heterocycles. The number of likely N-dealkylation sites (N-methyl/N-ethyl adjacent to an activating group) is 1. The highest BCUT2D eigenvalue weighted by Gasteiger charge is 2.18. The fourth-order valence-corrected chi connectivity index (χ4v) is 1.97. The van der Waals surface area contributed by atoms with E-state index in [0.29, 0.717) is 0 Å². The van der Waals surface area contributed by atoms with Gasteiger partial charge in [-0.3, -0.25) is 0 Å². The lowest BCUT2D eigenvalue weighted by Crippen LogP contribution is -2.35. The van der Waals surface area contributed by atoms with Crippen molar-refractivity contribution in [3.63, 3.8) is 0 Å². The van der Waals surface area contributed by atoms with Gasteiger partial charge in [-0.2, -0.15) is 0 Å². The molecule has 0 amide bonds. The third-order valence-electron chi connectivity index (χ3n) is 3.07. The molecule has 1 aromatic rings. The van der Waals surface area contributed by atoms with Crippen molar-refractivity contribution in [1.29, 1.82) is 0 Å². The first-order chi connectivity index (χ1) is 8.46. The maximum Gasteiger partial charge on any atom is 0.118 e. The Hall–Kier alpha value is -1.06. The summed E-state index contributed by atoms with van der Waals surface area (Å²) >= 11 is 0. The standard InChI is InChI=1S/C15H25NO2/c1-15(2,12-17)11-16(3)10-9-13-5-7-14(18-4)8-6-13/h5-8,17H,9-12H2,1-4H3. The normalized spacial score (nSPS) is 11.9. The van der Waals surface area contributed by atoms with Crippen LogP contribution in [-0.2, 0) is 6.42 Å². The lowest BCUT2D eigenvalue weighted by molar-refractivity contribution is 0.116. The number of benzene rings is 1. The average Bonchev–Trinajstić information content (AvgIpc) is 2.36. The van der Waals surface area contributed by atoms with E-state index in [1.807, 2.05) is 12.1 Å². The Bertz CT molecular complexity index is 346. The molecule has 18 heavy (non-hydrogen) atoms. The van der Waals surface area contributed by atoms with Crippen molar-refractivity contribution in [2.75, 3.05) is 33.9 Å². The average molecular weight is 251 g/mol. The Morgan fingerprint density at radius 1 is 1.22 bits per heavy atom. The van der Waals surface area contributed by atoms with Gasteiger partial charge >= 0.3 is 0 Å². The van der Waals surface area contributed by atoms with Gasteiger partial charge in [0.25, 0.3) is 0 Å². The lowest BCUT2D eigenvalue weighted by atomic mass is 9.94. The van der Waals surface area contributed by atoms with E-state index in [9.17, 15) is 5.11 Å². The van der Waals surface area contributed by atoms with Crippen LogP contribution in [0.1, 0.15) is 19.4 Å². The molecule has 0 unspecified atom stereocenters. The van der Waals surface area contributed by atoms with Crippen molar-refractivity contribution in [2.24, 2.45) is 5.41 Å². The minimum absolute atomic E-state index is 0.0331. The van der Waals surface area contributed by atoms with E-state index in [1.54, 1.807) is 7.11 Å². The van der Waals surface area contributed by atoms with Crippen molar-refractivity contribution >= 4 is 0 Å². The van der Waals surface area contributed by atoms with E-state index in [0.717, 1.165) is 25.3 Å². The predicted octanol–water partition coefficient (Wildman–Crippen LogP) is 2.19. The van der Waals surface area contributed by atoms with Crippen molar-refractivity contribution in [3.8, 4) is 5.75 Å². The van der Waals surface area contributed by atoms with Crippen molar-refractivity contribution < 1.29 is 9.84 Å². The van der Waals surface area contributed by atoms with Crippen LogP contribution in [0.4, 0.5) is 0 Å². The molecule has 1 aromatic carbocycles. The molecule has 0 heterocycles. The number of hydrogen-bond donors (Lipinski definition) is 1. The molecule has 0 aliphatic carbocycles. The smallest absolute Gasteiger partial charge is 0.118 e. The molecule has 3 heteroatoms. The van der Waals surface area contributed by atoms with Crippen LogP contribution in [0, 0.1) is 5.41 Å². The van der Waals surface area contributed by atoms with E-state index in [2.05, 4.69) is 37.9 Å². The van der Waals surface area contributed by atoms with Gasteiger partial charge in [0.1, 0.15) is 5.75 Å². The third-order valence-corrected chi connectivity index (χ3v) is 3.07. The van der Waals surface area contributed by atoms with E-state index in [-0.39, 0.29) is 12.0 Å². The fourth-order valence-electron chi connectivity index (χ4n) is 1.97. The van der Waals surface area contributed by atoms with Crippen molar-refractivity contribution in [3.05, 3.63) is 29.8 Å². The van der Waals surface area contributed by atoms with Gasteiger partial charge in [-0.05, 0) is 31.2 Å². The minimum atomic E-state index is -0.0331. The monoisotopic (exact) mass is 251 g/mol. The molecule has 0 aliphatic heterocycles. The molecule has 0 bridgehead atoms. The molecule has 0 saturated carbocycles. The highest BCUT2D eigenvalue weighted by atomic mass is 16.5.